The number of hydrogen-bond acceptors (Lipinski definition) is 2. The molecule has 2 heteroatoms. The minimum absolute atomic E-state index is 0.0481. The predicted molar refractivity (Wildman–Crippen MR) is 86.4 cm³/mol. The highest BCUT2D eigenvalue weighted by atomic mass is 16.5. The molecule has 2 rings (SSSR count). The second-order valence-electron chi connectivity index (χ2n) is 5.89. The van der Waals surface area contributed by atoms with Gasteiger partial charge in [-0.05, 0) is 22.3 Å². The normalized spacial score (nSPS) is 11.6. The average molecular weight is 284 g/mol. The minimum Gasteiger partial charge on any atom is -0.380 e. The van der Waals surface area contributed by atoms with Crippen LogP contribution >= 0.6 is 0 Å². The lowest BCUT2D eigenvalue weighted by molar-refractivity contribution is 0.184. The van der Waals surface area contributed by atoms with E-state index in [2.05, 4.69) is 62.4 Å². The van der Waals surface area contributed by atoms with E-state index in [1.807, 2.05) is 0 Å². The van der Waals surface area contributed by atoms with E-state index < -0.39 is 0 Å². The Bertz CT molecular complexity index is 536. The SMILES string of the molecule is COCc1cccc(C(C)(C)c2cccc(COC)c2)c1. The maximum atomic E-state index is 5.24. The first-order valence-corrected chi connectivity index (χ1v) is 7.24. The Balaban J connectivity index is 2.36. The third kappa shape index (κ3) is 3.72. The Morgan fingerprint density at radius 1 is 0.762 bits per heavy atom. The van der Waals surface area contributed by atoms with Gasteiger partial charge in [-0.25, -0.2) is 0 Å². The summed E-state index contributed by atoms with van der Waals surface area (Å²) >= 11 is 0. The van der Waals surface area contributed by atoms with Gasteiger partial charge in [0, 0.05) is 19.6 Å². The van der Waals surface area contributed by atoms with Crippen molar-refractivity contribution in [3.05, 3.63) is 70.8 Å². The molecule has 0 radical (unpaired) electrons. The molecule has 0 aliphatic rings. The average Bonchev–Trinajstić information content (AvgIpc) is 2.48. The summed E-state index contributed by atoms with van der Waals surface area (Å²) in [5.74, 6) is 0. The summed E-state index contributed by atoms with van der Waals surface area (Å²) in [5, 5.41) is 0. The molecular formula is C19H24O2. The molecule has 2 aromatic rings. The molecule has 0 heterocycles. The zero-order valence-corrected chi connectivity index (χ0v) is 13.3. The van der Waals surface area contributed by atoms with Crippen molar-refractivity contribution in [3.8, 4) is 0 Å². The van der Waals surface area contributed by atoms with Gasteiger partial charge in [0.1, 0.15) is 0 Å². The van der Waals surface area contributed by atoms with Crippen molar-refractivity contribution < 1.29 is 9.47 Å². The van der Waals surface area contributed by atoms with Gasteiger partial charge in [0.25, 0.3) is 0 Å². The van der Waals surface area contributed by atoms with Gasteiger partial charge in [-0.3, -0.25) is 0 Å². The number of hydrogen-bond donors (Lipinski definition) is 0. The molecule has 0 N–H and O–H groups in total. The van der Waals surface area contributed by atoms with Gasteiger partial charge < -0.3 is 9.47 Å². The number of methoxy groups -OCH3 is 2. The van der Waals surface area contributed by atoms with E-state index in [-0.39, 0.29) is 5.41 Å². The summed E-state index contributed by atoms with van der Waals surface area (Å²) in [5.41, 5.74) is 4.96. The summed E-state index contributed by atoms with van der Waals surface area (Å²) in [6.07, 6.45) is 0. The molecule has 0 aliphatic heterocycles. The van der Waals surface area contributed by atoms with Crippen molar-refractivity contribution in [3.63, 3.8) is 0 Å². The predicted octanol–water partition coefficient (Wildman–Crippen LogP) is 4.31. The third-order valence-corrected chi connectivity index (χ3v) is 3.92. The van der Waals surface area contributed by atoms with Gasteiger partial charge in [-0.15, -0.1) is 0 Å². The Morgan fingerprint density at radius 2 is 1.19 bits per heavy atom. The summed E-state index contributed by atoms with van der Waals surface area (Å²) in [6, 6.07) is 17.2. The Kier molecular flexibility index (Phi) is 5.16. The monoisotopic (exact) mass is 284 g/mol. The molecule has 0 aliphatic carbocycles. The fourth-order valence-corrected chi connectivity index (χ4v) is 2.60. The van der Waals surface area contributed by atoms with E-state index in [1.165, 1.54) is 22.3 Å². The van der Waals surface area contributed by atoms with E-state index in [9.17, 15) is 0 Å². The molecule has 112 valence electrons. The first-order valence-electron chi connectivity index (χ1n) is 7.24. The smallest absolute Gasteiger partial charge is 0.0713 e. The van der Waals surface area contributed by atoms with Crippen molar-refractivity contribution in [2.24, 2.45) is 0 Å². The van der Waals surface area contributed by atoms with E-state index in [1.54, 1.807) is 14.2 Å². The molecule has 2 aromatic carbocycles. The fraction of sp³-hybridized carbons (Fsp3) is 0.368. The molecule has 21 heavy (non-hydrogen) atoms. The molecular weight excluding hydrogens is 260 g/mol. The first-order chi connectivity index (χ1) is 10.1. The number of benzene rings is 2. The van der Waals surface area contributed by atoms with Gasteiger partial charge in [0.2, 0.25) is 0 Å². The summed E-state index contributed by atoms with van der Waals surface area (Å²) < 4.78 is 10.5. The zero-order valence-electron chi connectivity index (χ0n) is 13.3. The van der Waals surface area contributed by atoms with Crippen LogP contribution in [0.4, 0.5) is 0 Å². The highest BCUT2D eigenvalue weighted by Crippen LogP contribution is 2.32. The van der Waals surface area contributed by atoms with E-state index in [0.29, 0.717) is 13.2 Å². The summed E-state index contributed by atoms with van der Waals surface area (Å²) in [6.45, 7) is 5.80. The van der Waals surface area contributed by atoms with Crippen molar-refractivity contribution in [2.75, 3.05) is 14.2 Å². The lowest BCUT2D eigenvalue weighted by Gasteiger charge is -2.27. The van der Waals surface area contributed by atoms with Crippen molar-refractivity contribution in [2.45, 2.75) is 32.5 Å². The van der Waals surface area contributed by atoms with E-state index in [4.69, 9.17) is 9.47 Å². The minimum atomic E-state index is -0.0481. The Labute approximate surface area is 127 Å². The van der Waals surface area contributed by atoms with Crippen LogP contribution in [0.5, 0.6) is 0 Å². The van der Waals surface area contributed by atoms with Crippen LogP contribution in [0.2, 0.25) is 0 Å². The fourth-order valence-electron chi connectivity index (χ4n) is 2.60. The second kappa shape index (κ2) is 6.88. The second-order valence-corrected chi connectivity index (χ2v) is 5.89. The van der Waals surface area contributed by atoms with Crippen LogP contribution in [-0.2, 0) is 28.1 Å². The van der Waals surface area contributed by atoms with Crippen molar-refractivity contribution in [1.29, 1.82) is 0 Å². The number of ether oxygens (including phenoxy) is 2. The molecule has 0 fully saturated rings. The Morgan fingerprint density at radius 3 is 1.57 bits per heavy atom. The highest BCUT2D eigenvalue weighted by Gasteiger charge is 2.23. The highest BCUT2D eigenvalue weighted by molar-refractivity contribution is 5.40. The van der Waals surface area contributed by atoms with Gasteiger partial charge in [-0.1, -0.05) is 62.4 Å². The first kappa shape index (κ1) is 15.7. The molecule has 0 aromatic heterocycles. The largest absolute Gasteiger partial charge is 0.380 e. The standard InChI is InChI=1S/C19H24O2/c1-19(2,17-9-5-7-15(11-17)13-20-3)18-10-6-8-16(12-18)14-21-4/h5-12H,13-14H2,1-4H3. The van der Waals surface area contributed by atoms with E-state index in [0.717, 1.165) is 0 Å². The van der Waals surface area contributed by atoms with Crippen LogP contribution in [0.3, 0.4) is 0 Å². The molecule has 0 saturated carbocycles. The quantitative estimate of drug-likeness (QED) is 0.787. The van der Waals surface area contributed by atoms with Crippen molar-refractivity contribution >= 4 is 0 Å². The topological polar surface area (TPSA) is 18.5 Å². The van der Waals surface area contributed by atoms with Crippen LogP contribution in [-0.4, -0.2) is 14.2 Å². The van der Waals surface area contributed by atoms with Gasteiger partial charge >= 0.3 is 0 Å². The number of rotatable bonds is 6. The molecule has 0 atom stereocenters. The van der Waals surface area contributed by atoms with E-state index >= 15 is 0 Å². The molecule has 0 unspecified atom stereocenters. The molecule has 2 nitrogen and oxygen atoms in total. The Hall–Kier alpha value is -1.64. The van der Waals surface area contributed by atoms with Crippen LogP contribution in [0.1, 0.15) is 36.1 Å². The van der Waals surface area contributed by atoms with Crippen LogP contribution in [0.25, 0.3) is 0 Å². The zero-order chi connectivity index (χ0) is 15.3. The van der Waals surface area contributed by atoms with Crippen LogP contribution in [0.15, 0.2) is 48.5 Å². The van der Waals surface area contributed by atoms with Crippen LogP contribution in [0, 0.1) is 0 Å². The lowest BCUT2D eigenvalue weighted by atomic mass is 9.77. The molecule has 0 spiro atoms. The van der Waals surface area contributed by atoms with Gasteiger partial charge in [-0.2, -0.15) is 0 Å². The van der Waals surface area contributed by atoms with Gasteiger partial charge in [0.05, 0.1) is 13.2 Å². The maximum absolute atomic E-state index is 5.24. The maximum Gasteiger partial charge on any atom is 0.0713 e. The molecule has 0 saturated heterocycles. The van der Waals surface area contributed by atoms with Crippen molar-refractivity contribution in [1.82, 2.24) is 0 Å². The molecule has 0 amide bonds. The summed E-state index contributed by atoms with van der Waals surface area (Å²) in [7, 11) is 3.46. The lowest BCUT2D eigenvalue weighted by Crippen LogP contribution is -2.19. The van der Waals surface area contributed by atoms with Crippen LogP contribution < -0.4 is 0 Å². The summed E-state index contributed by atoms with van der Waals surface area (Å²) in [4.78, 5) is 0. The third-order valence-electron chi connectivity index (χ3n) is 3.92. The van der Waals surface area contributed by atoms with Gasteiger partial charge in [0.15, 0.2) is 0 Å². The molecule has 0 bridgehead atoms.